The lowest BCUT2D eigenvalue weighted by Crippen LogP contribution is -2.50. The van der Waals surface area contributed by atoms with Crippen LogP contribution in [0.25, 0.3) is 0 Å². The topological polar surface area (TPSA) is 39.7 Å². The Hall–Kier alpha value is 0.347. The van der Waals surface area contributed by atoms with Gasteiger partial charge in [0.15, 0.2) is 0 Å². The third-order valence-electron chi connectivity index (χ3n) is 6.47. The Balaban J connectivity index is 0. The molecular weight excluding hydrogens is 438 g/mol. The maximum absolute atomic E-state index is 6.13. The lowest BCUT2D eigenvalue weighted by atomic mass is 9.93. The van der Waals surface area contributed by atoms with Gasteiger partial charge in [0.1, 0.15) is 0 Å². The zero-order valence-electron chi connectivity index (χ0n) is 22.8. The molecule has 4 nitrogen and oxygen atoms in total. The fraction of sp³-hybridized carbons (Fsp3) is 1.00. The van der Waals surface area contributed by atoms with Crippen LogP contribution in [0.1, 0.15) is 117 Å². The predicted molar refractivity (Wildman–Crippen MR) is 145 cm³/mol. The highest BCUT2D eigenvalue weighted by molar-refractivity contribution is 6.62. The molecule has 196 valence electrons. The molecule has 0 radical (unpaired) electrons. The number of halogens is 1. The smallest absolute Gasteiger partial charge is 0.377 e. The van der Waals surface area contributed by atoms with E-state index in [2.05, 4.69) is 19.2 Å². The van der Waals surface area contributed by atoms with Gasteiger partial charge < -0.3 is 18.6 Å². The molecule has 0 aromatic heterocycles. The van der Waals surface area contributed by atoms with E-state index < -0.39 is 8.80 Å². The molecule has 0 aliphatic heterocycles. The molecule has 0 fully saturated rings. The van der Waals surface area contributed by atoms with E-state index in [1.807, 2.05) is 14.1 Å². The maximum Gasteiger partial charge on any atom is 0.503 e. The van der Waals surface area contributed by atoms with Crippen molar-refractivity contribution in [2.45, 2.75) is 122 Å². The summed E-state index contributed by atoms with van der Waals surface area (Å²) in [6, 6.07) is 0. The van der Waals surface area contributed by atoms with E-state index in [0.29, 0.717) is 17.3 Å². The highest BCUT2D eigenvalue weighted by Crippen LogP contribution is 2.39. The average molecular weight is 496 g/mol. The van der Waals surface area contributed by atoms with Crippen molar-refractivity contribution in [3.8, 4) is 0 Å². The van der Waals surface area contributed by atoms with Gasteiger partial charge in [-0.15, -0.1) is 11.6 Å². The number of hydrogen-bond donors (Lipinski definition) is 1. The quantitative estimate of drug-likeness (QED) is 0.0932. The van der Waals surface area contributed by atoms with Gasteiger partial charge in [-0.3, -0.25) is 0 Å². The lowest BCUT2D eigenvalue weighted by molar-refractivity contribution is 0.0979. The molecule has 2 unspecified atom stereocenters. The van der Waals surface area contributed by atoms with Gasteiger partial charge in [0.25, 0.3) is 0 Å². The zero-order valence-corrected chi connectivity index (χ0v) is 24.5. The summed E-state index contributed by atoms with van der Waals surface area (Å²) in [5.74, 6) is 1.22. The molecule has 0 aliphatic carbocycles. The van der Waals surface area contributed by atoms with Gasteiger partial charge in [-0.2, -0.15) is 0 Å². The van der Waals surface area contributed by atoms with Crippen LogP contribution in [0.4, 0.5) is 0 Å². The van der Waals surface area contributed by atoms with Gasteiger partial charge in [-0.1, -0.05) is 104 Å². The summed E-state index contributed by atoms with van der Waals surface area (Å²) >= 11 is 6.13. The van der Waals surface area contributed by atoms with Crippen molar-refractivity contribution in [3.63, 3.8) is 0 Å². The minimum atomic E-state index is -2.61. The van der Waals surface area contributed by atoms with E-state index >= 15 is 0 Å². The van der Waals surface area contributed by atoms with Crippen molar-refractivity contribution in [1.82, 2.24) is 5.32 Å². The van der Waals surface area contributed by atoms with Crippen LogP contribution in [0.2, 0.25) is 5.54 Å². The van der Waals surface area contributed by atoms with Gasteiger partial charge in [0, 0.05) is 32.8 Å². The fourth-order valence-electron chi connectivity index (χ4n) is 4.69. The molecular formula is C26H58ClNO3Si. The van der Waals surface area contributed by atoms with Crippen molar-refractivity contribution in [2.75, 3.05) is 41.3 Å². The van der Waals surface area contributed by atoms with Crippen LogP contribution in [0.3, 0.4) is 0 Å². The first-order chi connectivity index (χ1) is 15.6. The molecule has 0 heterocycles. The van der Waals surface area contributed by atoms with Crippen LogP contribution in [0.5, 0.6) is 0 Å². The molecule has 0 aromatic carbocycles. The van der Waals surface area contributed by atoms with Gasteiger partial charge >= 0.3 is 8.80 Å². The molecule has 0 aromatic rings. The molecule has 0 bridgehead atoms. The third-order valence-corrected chi connectivity index (χ3v) is 10.2. The molecule has 2 atom stereocenters. The standard InChI is InChI=1S/C24H51ClO3Si.C2H7N/c1-6-8-9-10-11-12-13-14-15-16-17-18-19-20-23(21-22-25)24(7-2)29(26-3,27-4)28-5;1-3-2/h23-24H,6-22H2,1-5H3;3H,1-2H3. The van der Waals surface area contributed by atoms with Crippen molar-refractivity contribution in [1.29, 1.82) is 0 Å². The predicted octanol–water partition coefficient (Wildman–Crippen LogP) is 8.21. The second kappa shape index (κ2) is 26.0. The Bertz CT molecular complexity index is 352. The van der Waals surface area contributed by atoms with Crippen molar-refractivity contribution in [3.05, 3.63) is 0 Å². The fourth-order valence-corrected chi connectivity index (χ4v) is 7.79. The Labute approximate surface area is 208 Å². The number of rotatable bonds is 22. The highest BCUT2D eigenvalue weighted by Gasteiger charge is 2.49. The second-order valence-corrected chi connectivity index (χ2v) is 12.6. The lowest BCUT2D eigenvalue weighted by Gasteiger charge is -2.37. The van der Waals surface area contributed by atoms with Gasteiger partial charge in [0.05, 0.1) is 0 Å². The molecule has 0 aliphatic rings. The minimum Gasteiger partial charge on any atom is -0.377 e. The van der Waals surface area contributed by atoms with Crippen molar-refractivity contribution < 1.29 is 13.3 Å². The monoisotopic (exact) mass is 495 g/mol. The van der Waals surface area contributed by atoms with Crippen LogP contribution in [0, 0.1) is 5.92 Å². The average Bonchev–Trinajstić information content (AvgIpc) is 2.80. The van der Waals surface area contributed by atoms with Crippen LogP contribution < -0.4 is 5.32 Å². The Morgan fingerprint density at radius 2 is 1.03 bits per heavy atom. The normalized spacial score (nSPS) is 13.5. The van der Waals surface area contributed by atoms with Crippen molar-refractivity contribution >= 4 is 20.4 Å². The first kappa shape index (κ1) is 34.5. The van der Waals surface area contributed by atoms with E-state index in [1.165, 1.54) is 89.9 Å². The van der Waals surface area contributed by atoms with E-state index in [-0.39, 0.29) is 0 Å². The summed E-state index contributed by atoms with van der Waals surface area (Å²) in [6.45, 7) is 4.50. The van der Waals surface area contributed by atoms with Crippen LogP contribution in [-0.4, -0.2) is 50.1 Å². The zero-order chi connectivity index (χ0) is 24.5. The molecule has 32 heavy (non-hydrogen) atoms. The van der Waals surface area contributed by atoms with Crippen LogP contribution in [0.15, 0.2) is 0 Å². The third kappa shape index (κ3) is 16.9. The molecule has 0 saturated heterocycles. The van der Waals surface area contributed by atoms with E-state index in [0.717, 1.165) is 12.8 Å². The van der Waals surface area contributed by atoms with E-state index in [9.17, 15) is 0 Å². The summed E-state index contributed by atoms with van der Waals surface area (Å²) < 4.78 is 17.4. The van der Waals surface area contributed by atoms with Gasteiger partial charge in [-0.05, 0) is 32.9 Å². The number of alkyl halides is 1. The molecule has 0 spiro atoms. The molecule has 1 N–H and O–H groups in total. The van der Waals surface area contributed by atoms with E-state index in [1.54, 1.807) is 21.3 Å². The number of nitrogens with one attached hydrogen (secondary N) is 1. The molecule has 0 saturated carbocycles. The largest absolute Gasteiger partial charge is 0.503 e. The molecule has 0 amide bonds. The molecule has 6 heteroatoms. The minimum absolute atomic E-state index is 0.332. The number of hydrogen-bond acceptors (Lipinski definition) is 4. The van der Waals surface area contributed by atoms with Gasteiger partial charge in [0.2, 0.25) is 0 Å². The summed E-state index contributed by atoms with van der Waals surface area (Å²) in [4.78, 5) is 0. The second-order valence-electron chi connectivity index (χ2n) is 9.00. The Kier molecular flexibility index (Phi) is 28.0. The van der Waals surface area contributed by atoms with Crippen LogP contribution >= 0.6 is 11.6 Å². The Morgan fingerprint density at radius 1 is 0.656 bits per heavy atom. The van der Waals surface area contributed by atoms with Crippen LogP contribution in [-0.2, 0) is 13.3 Å². The Morgan fingerprint density at radius 3 is 1.34 bits per heavy atom. The summed E-state index contributed by atoms with van der Waals surface area (Å²) in [5, 5.41) is 2.75. The summed E-state index contributed by atoms with van der Waals surface area (Å²) in [7, 11) is 6.32. The SMILES string of the molecule is CCCCCCCCCCCCCCCC(CCCl)C(CC)[Si](OC)(OC)OC.CNC. The maximum atomic E-state index is 6.13. The summed E-state index contributed by atoms with van der Waals surface area (Å²) in [5.41, 5.74) is 0.332. The first-order valence-corrected chi connectivity index (χ1v) is 15.7. The summed E-state index contributed by atoms with van der Waals surface area (Å²) in [6.07, 6.45) is 21.4. The highest BCUT2D eigenvalue weighted by atomic mass is 35.5. The van der Waals surface area contributed by atoms with E-state index in [4.69, 9.17) is 24.9 Å². The number of unbranched alkanes of at least 4 members (excludes halogenated alkanes) is 12. The van der Waals surface area contributed by atoms with Crippen molar-refractivity contribution in [2.24, 2.45) is 5.92 Å². The molecule has 0 rings (SSSR count). The first-order valence-electron chi connectivity index (χ1n) is 13.4. The van der Waals surface area contributed by atoms with Gasteiger partial charge in [-0.25, -0.2) is 0 Å².